The lowest BCUT2D eigenvalue weighted by atomic mass is 9.96. The summed E-state index contributed by atoms with van der Waals surface area (Å²) in [5.74, 6) is -0.141. The first-order valence-electron chi connectivity index (χ1n) is 10.9. The molecule has 2 fully saturated rings. The molecule has 2 aliphatic heterocycles. The van der Waals surface area contributed by atoms with E-state index in [0.717, 1.165) is 24.3 Å². The molecule has 0 radical (unpaired) electrons. The van der Waals surface area contributed by atoms with Crippen LogP contribution in [-0.2, 0) is 26.1 Å². The van der Waals surface area contributed by atoms with Gasteiger partial charge in [-0.2, -0.15) is 9.57 Å². The lowest BCUT2D eigenvalue weighted by Gasteiger charge is -2.34. The molecule has 7 nitrogen and oxygen atoms in total. The second-order valence-electron chi connectivity index (χ2n) is 8.22. The number of amides is 1. The molecule has 1 amide bonds. The van der Waals surface area contributed by atoms with Crippen molar-refractivity contribution in [2.24, 2.45) is 5.92 Å². The third-order valence-corrected chi connectivity index (χ3v) is 8.93. The number of benzene rings is 1. The van der Waals surface area contributed by atoms with Crippen molar-refractivity contribution < 1.29 is 17.9 Å². The highest BCUT2D eigenvalue weighted by molar-refractivity contribution is 7.89. The van der Waals surface area contributed by atoms with Crippen LogP contribution >= 0.6 is 11.3 Å². The van der Waals surface area contributed by atoms with Crippen LogP contribution in [0.5, 0.6) is 0 Å². The van der Waals surface area contributed by atoms with Crippen LogP contribution in [0.1, 0.15) is 36.1 Å². The molecule has 0 saturated carbocycles. The van der Waals surface area contributed by atoms with E-state index in [-0.39, 0.29) is 41.5 Å². The van der Waals surface area contributed by atoms with Gasteiger partial charge in [-0.3, -0.25) is 4.79 Å². The van der Waals surface area contributed by atoms with Crippen LogP contribution in [0.2, 0.25) is 0 Å². The molecular formula is C23H27N3O4S2. The largest absolute Gasteiger partial charge is 0.376 e. The number of rotatable bonds is 7. The maximum Gasteiger partial charge on any atom is 0.244 e. The SMILES string of the molecule is N#Cc1ccccc1S(=O)(=O)N1CCC(C(=O)N(Cc2cccs2)CC2CCCO2)CC1. The van der Waals surface area contributed by atoms with Gasteiger partial charge in [-0.15, -0.1) is 11.3 Å². The molecule has 32 heavy (non-hydrogen) atoms. The predicted octanol–water partition coefficient (Wildman–Crippen LogP) is 3.23. The van der Waals surface area contributed by atoms with Crippen molar-refractivity contribution in [2.45, 2.75) is 43.2 Å². The van der Waals surface area contributed by atoms with Gasteiger partial charge in [0, 0.05) is 37.0 Å². The highest BCUT2D eigenvalue weighted by Crippen LogP contribution is 2.28. The first-order valence-corrected chi connectivity index (χ1v) is 13.2. The molecule has 1 aromatic carbocycles. The molecule has 4 rings (SSSR count). The standard InChI is InChI=1S/C23H27N3O4S2/c24-15-19-5-1-2-8-22(19)32(28,29)26-11-9-18(10-12-26)23(27)25(16-20-6-3-13-30-20)17-21-7-4-14-31-21/h1-2,4-5,7-8,14,18,20H,3,6,9-13,16-17H2. The second-order valence-corrected chi connectivity index (χ2v) is 11.2. The fourth-order valence-corrected chi connectivity index (χ4v) is 6.71. The third kappa shape index (κ3) is 5.04. The van der Waals surface area contributed by atoms with Crippen LogP contribution in [-0.4, -0.2) is 55.9 Å². The van der Waals surface area contributed by atoms with E-state index in [1.54, 1.807) is 23.5 Å². The number of carbonyl (C=O) groups excluding carboxylic acids is 1. The van der Waals surface area contributed by atoms with E-state index >= 15 is 0 Å². The van der Waals surface area contributed by atoms with Crippen molar-refractivity contribution in [1.29, 1.82) is 5.26 Å². The molecule has 1 atom stereocenters. The Labute approximate surface area is 193 Å². The van der Waals surface area contributed by atoms with Gasteiger partial charge in [0.05, 0.1) is 23.1 Å². The molecule has 170 valence electrons. The van der Waals surface area contributed by atoms with E-state index < -0.39 is 10.0 Å². The van der Waals surface area contributed by atoms with Gasteiger partial charge < -0.3 is 9.64 Å². The van der Waals surface area contributed by atoms with Crippen LogP contribution in [0.3, 0.4) is 0 Å². The minimum atomic E-state index is -3.77. The number of carbonyl (C=O) groups is 1. The van der Waals surface area contributed by atoms with Crippen LogP contribution in [0.25, 0.3) is 0 Å². The zero-order chi connectivity index (χ0) is 22.6. The maximum atomic E-state index is 13.4. The smallest absolute Gasteiger partial charge is 0.244 e. The summed E-state index contributed by atoms with van der Waals surface area (Å²) in [6.07, 6.45) is 3.00. The van der Waals surface area contributed by atoms with E-state index in [1.807, 2.05) is 28.5 Å². The summed E-state index contributed by atoms with van der Waals surface area (Å²) >= 11 is 1.63. The average molecular weight is 474 g/mol. The Balaban J connectivity index is 1.43. The van der Waals surface area contributed by atoms with Crippen LogP contribution in [0.4, 0.5) is 0 Å². The molecule has 1 aromatic heterocycles. The van der Waals surface area contributed by atoms with Gasteiger partial charge in [0.2, 0.25) is 15.9 Å². The van der Waals surface area contributed by atoms with Gasteiger partial charge >= 0.3 is 0 Å². The summed E-state index contributed by atoms with van der Waals surface area (Å²) in [7, 11) is -3.77. The average Bonchev–Trinajstić information content (AvgIpc) is 3.53. The predicted molar refractivity (Wildman–Crippen MR) is 121 cm³/mol. The Morgan fingerprint density at radius 3 is 2.62 bits per heavy atom. The summed E-state index contributed by atoms with van der Waals surface area (Å²) < 4.78 is 33.3. The number of hydrogen-bond donors (Lipinski definition) is 0. The summed E-state index contributed by atoms with van der Waals surface area (Å²) in [4.78, 5) is 16.5. The highest BCUT2D eigenvalue weighted by Gasteiger charge is 2.35. The molecule has 0 aliphatic carbocycles. The number of thiophene rings is 1. The Kier molecular flexibility index (Phi) is 7.26. The molecular weight excluding hydrogens is 446 g/mol. The number of nitrogens with zero attached hydrogens (tertiary/aromatic N) is 3. The Morgan fingerprint density at radius 1 is 1.19 bits per heavy atom. The van der Waals surface area contributed by atoms with E-state index in [4.69, 9.17) is 4.74 Å². The van der Waals surface area contributed by atoms with Gasteiger partial charge in [-0.05, 0) is 49.3 Å². The molecule has 9 heteroatoms. The first kappa shape index (κ1) is 22.9. The van der Waals surface area contributed by atoms with Crippen LogP contribution in [0.15, 0.2) is 46.7 Å². The van der Waals surface area contributed by atoms with Gasteiger partial charge in [0.15, 0.2) is 0 Å². The van der Waals surface area contributed by atoms with Crippen molar-refractivity contribution in [3.8, 4) is 6.07 Å². The molecule has 2 aromatic rings. The molecule has 2 aliphatic rings. The number of nitriles is 1. The molecule has 0 bridgehead atoms. The van der Waals surface area contributed by atoms with E-state index in [0.29, 0.717) is 25.9 Å². The third-order valence-electron chi connectivity index (χ3n) is 6.11. The Bertz CT molecular complexity index is 1060. The normalized spacial score (nSPS) is 20.2. The minimum Gasteiger partial charge on any atom is -0.376 e. The van der Waals surface area contributed by atoms with E-state index in [9.17, 15) is 18.5 Å². The summed E-state index contributed by atoms with van der Waals surface area (Å²) in [6, 6.07) is 12.2. The highest BCUT2D eigenvalue weighted by atomic mass is 32.2. The fraction of sp³-hybridized carbons (Fsp3) is 0.478. The van der Waals surface area contributed by atoms with Gasteiger partial charge in [0.1, 0.15) is 6.07 Å². The van der Waals surface area contributed by atoms with Crippen molar-refractivity contribution in [3.63, 3.8) is 0 Å². The zero-order valence-electron chi connectivity index (χ0n) is 17.9. The monoisotopic (exact) mass is 473 g/mol. The van der Waals surface area contributed by atoms with Crippen molar-refractivity contribution >= 4 is 27.3 Å². The second kappa shape index (κ2) is 10.1. The minimum absolute atomic E-state index is 0.0324. The number of hydrogen-bond acceptors (Lipinski definition) is 6. The summed E-state index contributed by atoms with van der Waals surface area (Å²) in [6.45, 7) is 2.41. The molecule has 0 N–H and O–H groups in total. The molecule has 1 unspecified atom stereocenters. The van der Waals surface area contributed by atoms with Crippen LogP contribution < -0.4 is 0 Å². The number of ether oxygens (including phenoxy) is 1. The lowest BCUT2D eigenvalue weighted by Crippen LogP contribution is -2.45. The number of sulfonamides is 1. The lowest BCUT2D eigenvalue weighted by molar-refractivity contribution is -0.139. The topological polar surface area (TPSA) is 90.7 Å². The molecule has 0 spiro atoms. The zero-order valence-corrected chi connectivity index (χ0v) is 19.5. The van der Waals surface area contributed by atoms with E-state index in [2.05, 4.69) is 0 Å². The quantitative estimate of drug-likeness (QED) is 0.616. The first-order chi connectivity index (χ1) is 15.5. The number of piperidine rings is 1. The maximum absolute atomic E-state index is 13.4. The van der Waals surface area contributed by atoms with Crippen molar-refractivity contribution in [3.05, 3.63) is 52.2 Å². The molecule has 2 saturated heterocycles. The van der Waals surface area contributed by atoms with Gasteiger partial charge in [0.25, 0.3) is 0 Å². The summed E-state index contributed by atoms with van der Waals surface area (Å²) in [5.41, 5.74) is 0.143. The van der Waals surface area contributed by atoms with Crippen molar-refractivity contribution in [2.75, 3.05) is 26.2 Å². The summed E-state index contributed by atoms with van der Waals surface area (Å²) in [5, 5.41) is 11.3. The molecule has 3 heterocycles. The fourth-order valence-electron chi connectivity index (χ4n) is 4.38. The Morgan fingerprint density at radius 2 is 1.97 bits per heavy atom. The Hall–Kier alpha value is -2.25. The van der Waals surface area contributed by atoms with Crippen molar-refractivity contribution in [1.82, 2.24) is 9.21 Å². The van der Waals surface area contributed by atoms with Gasteiger partial charge in [-0.1, -0.05) is 18.2 Å². The van der Waals surface area contributed by atoms with Gasteiger partial charge in [-0.25, -0.2) is 8.42 Å². The van der Waals surface area contributed by atoms with Crippen LogP contribution in [0, 0.1) is 17.2 Å². The van der Waals surface area contributed by atoms with E-state index in [1.165, 1.54) is 16.4 Å².